The van der Waals surface area contributed by atoms with Crippen molar-refractivity contribution in [2.45, 2.75) is 264 Å². The second kappa shape index (κ2) is 54.2. The molecule has 0 heterocycles. The number of unbranched alkanes of at least 4 members (excludes halogenated alkanes) is 28. The zero-order valence-corrected chi connectivity index (χ0v) is 43.2. The summed E-state index contributed by atoms with van der Waals surface area (Å²) in [4.78, 5) is 38.1. The van der Waals surface area contributed by atoms with Crippen molar-refractivity contribution in [3.63, 3.8) is 0 Å². The van der Waals surface area contributed by atoms with Crippen molar-refractivity contribution < 1.29 is 28.6 Å². The molecule has 378 valence electrons. The highest BCUT2D eigenvalue weighted by Crippen LogP contribution is 2.14. The predicted molar refractivity (Wildman–Crippen MR) is 284 cm³/mol. The fourth-order valence-electron chi connectivity index (χ4n) is 7.52. The Morgan fingerprint density at radius 1 is 0.303 bits per heavy atom. The molecule has 0 aromatic rings. The Morgan fingerprint density at radius 3 is 0.985 bits per heavy atom. The SMILES string of the molecule is CCC\C=C/C=C\C=C/C=C\C=C/CCCCCCCC(=O)OCC(COC(=O)CCCCCCC/C=C\CCCCC)OC(=O)CCCCCCC/C=C\CCCCCCCCCCC. The van der Waals surface area contributed by atoms with E-state index < -0.39 is 6.10 Å². The van der Waals surface area contributed by atoms with Gasteiger partial charge in [-0.15, -0.1) is 0 Å². The van der Waals surface area contributed by atoms with Crippen LogP contribution in [0.4, 0.5) is 0 Å². The van der Waals surface area contributed by atoms with Crippen LogP contribution in [-0.4, -0.2) is 37.2 Å². The zero-order valence-electron chi connectivity index (χ0n) is 43.2. The lowest BCUT2D eigenvalue weighted by atomic mass is 10.1. The average molecular weight is 919 g/mol. The summed E-state index contributed by atoms with van der Waals surface area (Å²) in [5.41, 5.74) is 0. The lowest BCUT2D eigenvalue weighted by Crippen LogP contribution is -2.30. The molecule has 0 aliphatic rings. The van der Waals surface area contributed by atoms with E-state index in [1.54, 1.807) is 0 Å². The molecule has 0 rings (SSSR count). The van der Waals surface area contributed by atoms with Gasteiger partial charge in [-0.2, -0.15) is 0 Å². The van der Waals surface area contributed by atoms with E-state index >= 15 is 0 Å². The first kappa shape index (κ1) is 62.6. The summed E-state index contributed by atoms with van der Waals surface area (Å²) in [6.07, 6.45) is 69.9. The second-order valence-electron chi connectivity index (χ2n) is 18.3. The van der Waals surface area contributed by atoms with Gasteiger partial charge in [0, 0.05) is 19.3 Å². The molecule has 0 bridgehead atoms. The van der Waals surface area contributed by atoms with E-state index in [-0.39, 0.29) is 31.1 Å². The minimum absolute atomic E-state index is 0.0929. The van der Waals surface area contributed by atoms with Gasteiger partial charge < -0.3 is 14.2 Å². The maximum absolute atomic E-state index is 12.8. The van der Waals surface area contributed by atoms with Crippen molar-refractivity contribution >= 4 is 17.9 Å². The molecule has 66 heavy (non-hydrogen) atoms. The fraction of sp³-hybridized carbons (Fsp3) is 0.717. The second-order valence-corrected chi connectivity index (χ2v) is 18.3. The van der Waals surface area contributed by atoms with E-state index in [4.69, 9.17) is 14.2 Å². The first-order valence-electron chi connectivity index (χ1n) is 27.7. The molecular formula is C60H102O6. The van der Waals surface area contributed by atoms with Gasteiger partial charge in [-0.1, -0.05) is 234 Å². The highest BCUT2D eigenvalue weighted by atomic mass is 16.6. The summed E-state index contributed by atoms with van der Waals surface area (Å²) in [7, 11) is 0. The Labute approximate surface area is 407 Å². The lowest BCUT2D eigenvalue weighted by Gasteiger charge is -2.18. The van der Waals surface area contributed by atoms with Crippen molar-refractivity contribution in [2.24, 2.45) is 0 Å². The molecule has 6 heteroatoms. The number of carbonyl (C=O) groups is 3. The first-order chi connectivity index (χ1) is 32.5. The van der Waals surface area contributed by atoms with Crippen LogP contribution in [-0.2, 0) is 28.6 Å². The van der Waals surface area contributed by atoms with E-state index in [1.807, 2.05) is 24.3 Å². The third-order valence-corrected chi connectivity index (χ3v) is 11.7. The molecule has 6 nitrogen and oxygen atoms in total. The number of allylic oxidation sites excluding steroid dienone is 14. The van der Waals surface area contributed by atoms with Crippen molar-refractivity contribution in [2.75, 3.05) is 13.2 Å². The topological polar surface area (TPSA) is 78.9 Å². The Morgan fingerprint density at radius 2 is 0.591 bits per heavy atom. The minimum atomic E-state index is -0.795. The van der Waals surface area contributed by atoms with E-state index in [9.17, 15) is 14.4 Å². The molecule has 0 saturated carbocycles. The van der Waals surface area contributed by atoms with Crippen molar-refractivity contribution in [1.29, 1.82) is 0 Å². The van der Waals surface area contributed by atoms with Crippen LogP contribution in [0.2, 0.25) is 0 Å². The van der Waals surface area contributed by atoms with Crippen LogP contribution in [0.1, 0.15) is 258 Å². The molecule has 0 radical (unpaired) electrons. The third-order valence-electron chi connectivity index (χ3n) is 11.7. The highest BCUT2D eigenvalue weighted by molar-refractivity contribution is 5.71. The molecule has 1 atom stereocenters. The Kier molecular flexibility index (Phi) is 51.4. The van der Waals surface area contributed by atoms with Crippen molar-refractivity contribution in [3.05, 3.63) is 85.1 Å². The fourth-order valence-corrected chi connectivity index (χ4v) is 7.52. The van der Waals surface area contributed by atoms with Gasteiger partial charge in [-0.05, 0) is 89.9 Å². The monoisotopic (exact) mass is 919 g/mol. The zero-order chi connectivity index (χ0) is 47.9. The van der Waals surface area contributed by atoms with Gasteiger partial charge in [0.2, 0.25) is 0 Å². The van der Waals surface area contributed by atoms with Crippen LogP contribution in [0.15, 0.2) is 85.1 Å². The van der Waals surface area contributed by atoms with Crippen molar-refractivity contribution in [1.82, 2.24) is 0 Å². The molecule has 0 saturated heterocycles. The molecule has 0 aliphatic heterocycles. The van der Waals surface area contributed by atoms with Gasteiger partial charge in [0.05, 0.1) is 0 Å². The molecule has 0 N–H and O–H groups in total. The van der Waals surface area contributed by atoms with Gasteiger partial charge in [0.15, 0.2) is 6.10 Å². The number of carbonyl (C=O) groups excluding carboxylic acids is 3. The molecule has 1 unspecified atom stereocenters. The van der Waals surface area contributed by atoms with Gasteiger partial charge >= 0.3 is 17.9 Å². The van der Waals surface area contributed by atoms with Crippen molar-refractivity contribution in [3.8, 4) is 0 Å². The first-order valence-corrected chi connectivity index (χ1v) is 27.7. The summed E-state index contributed by atoms with van der Waals surface area (Å²) in [5.74, 6) is -0.932. The largest absolute Gasteiger partial charge is 0.462 e. The molecule has 0 spiro atoms. The lowest BCUT2D eigenvalue weighted by molar-refractivity contribution is -0.167. The van der Waals surface area contributed by atoms with Crippen LogP contribution in [0.25, 0.3) is 0 Å². The summed E-state index contributed by atoms with van der Waals surface area (Å²) < 4.78 is 16.8. The van der Waals surface area contributed by atoms with Crippen LogP contribution in [0.3, 0.4) is 0 Å². The van der Waals surface area contributed by atoms with E-state index in [0.29, 0.717) is 19.3 Å². The molecule has 0 fully saturated rings. The maximum atomic E-state index is 12.8. The van der Waals surface area contributed by atoms with Gasteiger partial charge in [-0.3, -0.25) is 14.4 Å². The number of ether oxygens (including phenoxy) is 3. The highest BCUT2D eigenvalue weighted by Gasteiger charge is 2.19. The quantitative estimate of drug-likeness (QED) is 0.0199. The van der Waals surface area contributed by atoms with Crippen LogP contribution in [0, 0.1) is 0 Å². The smallest absolute Gasteiger partial charge is 0.306 e. The summed E-state index contributed by atoms with van der Waals surface area (Å²) >= 11 is 0. The number of esters is 3. The summed E-state index contributed by atoms with van der Waals surface area (Å²) in [5, 5.41) is 0. The van der Waals surface area contributed by atoms with Crippen LogP contribution in [0.5, 0.6) is 0 Å². The standard InChI is InChI=1S/C60H102O6/c1-4-7-10-13-16-19-22-25-27-29-31-33-35-38-41-44-47-50-53-59(62)65-56-57(55-64-58(61)52-49-46-43-40-37-24-21-18-15-12-9-6-3)66-60(63)54-51-48-45-42-39-36-34-32-30-28-26-23-20-17-14-11-8-5-2/h10,13,16,18-19,21-22,25,27,29,31-34,57H,4-9,11-12,14-15,17,20,23-24,26,28,30,35-56H2,1-3H3/b13-10-,19-16-,21-18-,25-22-,29-27-,33-31-,34-32-. The van der Waals surface area contributed by atoms with Gasteiger partial charge in [-0.25, -0.2) is 0 Å². The number of rotatable bonds is 49. The normalized spacial score (nSPS) is 12.7. The summed E-state index contributed by atoms with van der Waals surface area (Å²) in [6, 6.07) is 0. The van der Waals surface area contributed by atoms with Gasteiger partial charge in [0.1, 0.15) is 13.2 Å². The summed E-state index contributed by atoms with van der Waals surface area (Å²) in [6.45, 7) is 6.50. The molecular weight excluding hydrogens is 817 g/mol. The number of hydrogen-bond acceptors (Lipinski definition) is 6. The van der Waals surface area contributed by atoms with E-state index in [0.717, 1.165) is 103 Å². The molecule has 0 aromatic heterocycles. The molecule has 0 aliphatic carbocycles. The Balaban J connectivity index is 4.44. The van der Waals surface area contributed by atoms with Crippen LogP contribution < -0.4 is 0 Å². The van der Waals surface area contributed by atoms with E-state index in [1.165, 1.54) is 116 Å². The predicted octanol–water partition coefficient (Wildman–Crippen LogP) is 18.4. The molecule has 0 aromatic carbocycles. The Bertz CT molecular complexity index is 1290. The van der Waals surface area contributed by atoms with Crippen LogP contribution >= 0.6 is 0 Å². The maximum Gasteiger partial charge on any atom is 0.306 e. The minimum Gasteiger partial charge on any atom is -0.462 e. The third kappa shape index (κ3) is 51.6. The Hall–Kier alpha value is -3.41. The molecule has 0 amide bonds. The number of hydrogen-bond donors (Lipinski definition) is 0. The van der Waals surface area contributed by atoms with E-state index in [2.05, 4.69) is 81.5 Å². The van der Waals surface area contributed by atoms with Gasteiger partial charge in [0.25, 0.3) is 0 Å². The average Bonchev–Trinajstić information content (AvgIpc) is 3.31.